The number of hydrogen-bond donors (Lipinski definition) is 1. The van der Waals surface area contributed by atoms with Gasteiger partial charge in [0, 0.05) is 13.1 Å². The molecule has 2 rings (SSSR count). The van der Waals surface area contributed by atoms with Crippen LogP contribution in [-0.2, 0) is 11.2 Å². The average molecular weight is 233 g/mol. The van der Waals surface area contributed by atoms with Gasteiger partial charge >= 0.3 is 0 Å². The zero-order chi connectivity index (χ0) is 12.4. The molecule has 1 unspecified atom stereocenters. The predicted octanol–water partition coefficient (Wildman–Crippen LogP) is 1.44. The van der Waals surface area contributed by atoms with Crippen LogP contribution in [0.15, 0.2) is 18.2 Å². The summed E-state index contributed by atoms with van der Waals surface area (Å²) in [5, 5.41) is 9.42. The third-order valence-electron chi connectivity index (χ3n) is 3.36. The quantitative estimate of drug-likeness (QED) is 0.839. The van der Waals surface area contributed by atoms with E-state index in [0.717, 1.165) is 11.1 Å². The van der Waals surface area contributed by atoms with Crippen molar-refractivity contribution in [2.75, 3.05) is 13.1 Å². The van der Waals surface area contributed by atoms with Crippen molar-refractivity contribution in [1.29, 1.82) is 0 Å². The molecule has 3 nitrogen and oxygen atoms in total. The number of hydrogen-bond acceptors (Lipinski definition) is 2. The highest BCUT2D eigenvalue weighted by atomic mass is 16.3. The monoisotopic (exact) mass is 233 g/mol. The molecule has 0 radical (unpaired) electrons. The molecule has 1 atom stereocenters. The highest BCUT2D eigenvalue weighted by molar-refractivity contribution is 5.79. The van der Waals surface area contributed by atoms with E-state index >= 15 is 0 Å². The first kappa shape index (κ1) is 12.1. The van der Waals surface area contributed by atoms with Crippen LogP contribution in [-0.4, -0.2) is 35.1 Å². The molecule has 1 aromatic carbocycles. The van der Waals surface area contributed by atoms with Crippen molar-refractivity contribution >= 4 is 5.91 Å². The summed E-state index contributed by atoms with van der Waals surface area (Å²) in [5.74, 6) is 0.121. The number of β-amino-alcohol motifs (C(OH)–C–C–N with tert-alkyl or cyclic N) is 1. The van der Waals surface area contributed by atoms with E-state index < -0.39 is 0 Å². The first-order valence-electron chi connectivity index (χ1n) is 6.08. The van der Waals surface area contributed by atoms with E-state index in [4.69, 9.17) is 0 Å². The Bertz CT molecular complexity index is 428. The van der Waals surface area contributed by atoms with Gasteiger partial charge in [0.25, 0.3) is 0 Å². The van der Waals surface area contributed by atoms with Crippen LogP contribution in [0.5, 0.6) is 0 Å². The molecule has 0 saturated carbocycles. The molecule has 1 amide bonds. The van der Waals surface area contributed by atoms with Gasteiger partial charge in [0.05, 0.1) is 12.5 Å². The molecule has 0 spiro atoms. The van der Waals surface area contributed by atoms with Crippen LogP contribution in [0.3, 0.4) is 0 Å². The number of carbonyl (C=O) groups excluding carboxylic acids is 1. The minimum absolute atomic E-state index is 0.121. The normalized spacial score (nSPS) is 19.7. The van der Waals surface area contributed by atoms with Gasteiger partial charge in [0.1, 0.15) is 0 Å². The van der Waals surface area contributed by atoms with Crippen molar-refractivity contribution in [2.24, 2.45) is 0 Å². The molecule has 3 heteroatoms. The first-order valence-corrected chi connectivity index (χ1v) is 6.08. The number of likely N-dealkylation sites (tertiary alicyclic amines) is 1. The average Bonchev–Trinajstić information content (AvgIpc) is 2.70. The summed E-state index contributed by atoms with van der Waals surface area (Å²) in [7, 11) is 0. The van der Waals surface area contributed by atoms with E-state index in [1.165, 1.54) is 5.56 Å². The van der Waals surface area contributed by atoms with E-state index in [0.29, 0.717) is 25.9 Å². The van der Waals surface area contributed by atoms with Gasteiger partial charge in [-0.1, -0.05) is 23.8 Å². The summed E-state index contributed by atoms with van der Waals surface area (Å²) in [6.45, 7) is 5.24. The lowest BCUT2D eigenvalue weighted by molar-refractivity contribution is -0.129. The van der Waals surface area contributed by atoms with Crippen LogP contribution in [0.1, 0.15) is 23.1 Å². The SMILES string of the molecule is Cc1ccc(C)c(CC(=O)N2CCC(O)C2)c1. The Morgan fingerprint density at radius 1 is 1.47 bits per heavy atom. The highest BCUT2D eigenvalue weighted by Crippen LogP contribution is 2.15. The number of aliphatic hydroxyl groups is 1. The lowest BCUT2D eigenvalue weighted by Crippen LogP contribution is -2.31. The number of nitrogens with zero attached hydrogens (tertiary/aromatic N) is 1. The van der Waals surface area contributed by atoms with Crippen LogP contribution in [0.4, 0.5) is 0 Å². The standard InChI is InChI=1S/C14H19NO2/c1-10-3-4-11(2)12(7-10)8-14(17)15-6-5-13(16)9-15/h3-4,7,13,16H,5-6,8-9H2,1-2H3. The van der Waals surface area contributed by atoms with Crippen molar-refractivity contribution < 1.29 is 9.90 Å². The van der Waals surface area contributed by atoms with Gasteiger partial charge in [-0.15, -0.1) is 0 Å². The molecular weight excluding hydrogens is 214 g/mol. The fraction of sp³-hybridized carbons (Fsp3) is 0.500. The lowest BCUT2D eigenvalue weighted by Gasteiger charge is -2.16. The molecule has 1 aliphatic rings. The second kappa shape index (κ2) is 4.88. The van der Waals surface area contributed by atoms with E-state index in [9.17, 15) is 9.90 Å². The van der Waals surface area contributed by atoms with Crippen LogP contribution in [0, 0.1) is 13.8 Å². The molecule has 1 aromatic rings. The van der Waals surface area contributed by atoms with Crippen LogP contribution in [0.25, 0.3) is 0 Å². The number of benzene rings is 1. The predicted molar refractivity (Wildman–Crippen MR) is 66.8 cm³/mol. The molecular formula is C14H19NO2. The van der Waals surface area contributed by atoms with Crippen LogP contribution < -0.4 is 0 Å². The maximum atomic E-state index is 12.0. The third-order valence-corrected chi connectivity index (χ3v) is 3.36. The van der Waals surface area contributed by atoms with Crippen molar-refractivity contribution in [2.45, 2.75) is 32.8 Å². The molecule has 0 aromatic heterocycles. The van der Waals surface area contributed by atoms with E-state index in [1.807, 2.05) is 13.8 Å². The summed E-state index contributed by atoms with van der Waals surface area (Å²) in [6.07, 6.45) is 0.816. The molecule has 92 valence electrons. The van der Waals surface area contributed by atoms with Gasteiger partial charge in [-0.2, -0.15) is 0 Å². The fourth-order valence-corrected chi connectivity index (χ4v) is 2.23. The number of aliphatic hydroxyl groups excluding tert-OH is 1. The molecule has 1 N–H and O–H groups in total. The molecule has 1 fully saturated rings. The Morgan fingerprint density at radius 2 is 2.24 bits per heavy atom. The topological polar surface area (TPSA) is 40.5 Å². The van der Waals surface area contributed by atoms with E-state index in [2.05, 4.69) is 18.2 Å². The van der Waals surface area contributed by atoms with Gasteiger partial charge < -0.3 is 10.0 Å². The van der Waals surface area contributed by atoms with Crippen molar-refractivity contribution in [3.8, 4) is 0 Å². The number of aryl methyl sites for hydroxylation is 2. The Morgan fingerprint density at radius 3 is 2.88 bits per heavy atom. The minimum atomic E-state index is -0.336. The second-order valence-corrected chi connectivity index (χ2v) is 4.89. The van der Waals surface area contributed by atoms with Gasteiger partial charge in [-0.05, 0) is 31.4 Å². The molecule has 1 saturated heterocycles. The van der Waals surface area contributed by atoms with Crippen molar-refractivity contribution in [1.82, 2.24) is 4.90 Å². The summed E-state index contributed by atoms with van der Waals surface area (Å²) in [5.41, 5.74) is 3.43. The Balaban J connectivity index is 2.05. The van der Waals surface area contributed by atoms with Crippen molar-refractivity contribution in [3.05, 3.63) is 34.9 Å². The van der Waals surface area contributed by atoms with Crippen molar-refractivity contribution in [3.63, 3.8) is 0 Å². The number of rotatable bonds is 2. The maximum Gasteiger partial charge on any atom is 0.227 e. The first-order chi connectivity index (χ1) is 8.06. The summed E-state index contributed by atoms with van der Waals surface area (Å²) < 4.78 is 0. The van der Waals surface area contributed by atoms with Gasteiger partial charge in [-0.25, -0.2) is 0 Å². The molecule has 1 heterocycles. The van der Waals surface area contributed by atoms with Gasteiger partial charge in [0.15, 0.2) is 0 Å². The maximum absolute atomic E-state index is 12.0. The number of carbonyl (C=O) groups is 1. The number of amides is 1. The Hall–Kier alpha value is -1.35. The summed E-state index contributed by atoms with van der Waals surface area (Å²) in [4.78, 5) is 13.8. The Kier molecular flexibility index (Phi) is 3.48. The largest absolute Gasteiger partial charge is 0.391 e. The fourth-order valence-electron chi connectivity index (χ4n) is 2.23. The smallest absolute Gasteiger partial charge is 0.227 e. The molecule has 0 aliphatic carbocycles. The zero-order valence-electron chi connectivity index (χ0n) is 10.4. The Labute approximate surface area is 102 Å². The molecule has 17 heavy (non-hydrogen) atoms. The summed E-state index contributed by atoms with van der Waals surface area (Å²) in [6, 6.07) is 6.18. The van der Waals surface area contributed by atoms with Crippen LogP contribution in [0.2, 0.25) is 0 Å². The lowest BCUT2D eigenvalue weighted by atomic mass is 10.0. The highest BCUT2D eigenvalue weighted by Gasteiger charge is 2.24. The van der Waals surface area contributed by atoms with Gasteiger partial charge in [-0.3, -0.25) is 4.79 Å². The molecule has 1 aliphatic heterocycles. The molecule has 0 bridgehead atoms. The van der Waals surface area contributed by atoms with E-state index in [1.54, 1.807) is 4.90 Å². The van der Waals surface area contributed by atoms with E-state index in [-0.39, 0.29) is 12.0 Å². The van der Waals surface area contributed by atoms with Crippen LogP contribution >= 0.6 is 0 Å². The van der Waals surface area contributed by atoms with Gasteiger partial charge in [0.2, 0.25) is 5.91 Å². The zero-order valence-corrected chi connectivity index (χ0v) is 10.4. The second-order valence-electron chi connectivity index (χ2n) is 4.89. The summed E-state index contributed by atoms with van der Waals surface area (Å²) >= 11 is 0. The minimum Gasteiger partial charge on any atom is -0.391 e. The third kappa shape index (κ3) is 2.86.